The zero-order valence-corrected chi connectivity index (χ0v) is 7.37. The van der Waals surface area contributed by atoms with E-state index in [1.165, 1.54) is 0 Å². The maximum Gasteiger partial charge on any atom is 0.151 e. The molecule has 0 aliphatic carbocycles. The Morgan fingerprint density at radius 3 is 2.30 bits per heavy atom. The summed E-state index contributed by atoms with van der Waals surface area (Å²) in [7, 11) is -2.75. The molecule has 0 fully saturated rings. The third-order valence-corrected chi connectivity index (χ3v) is 2.99. The average Bonchev–Trinajstić information content (AvgIpc) is 1.89. The van der Waals surface area contributed by atoms with Gasteiger partial charge in [-0.2, -0.15) is 0 Å². The van der Waals surface area contributed by atoms with Crippen LogP contribution in [-0.2, 0) is 9.84 Å². The van der Waals surface area contributed by atoms with Gasteiger partial charge in [-0.25, -0.2) is 8.42 Å². The van der Waals surface area contributed by atoms with E-state index in [-0.39, 0.29) is 11.5 Å². The first-order valence-corrected chi connectivity index (χ1v) is 5.35. The largest absolute Gasteiger partial charge is 0.316 e. The van der Waals surface area contributed by atoms with Crippen molar-refractivity contribution < 1.29 is 8.42 Å². The van der Waals surface area contributed by atoms with Crippen LogP contribution in [0.15, 0.2) is 0 Å². The first kappa shape index (κ1) is 9.91. The van der Waals surface area contributed by atoms with E-state index in [0.717, 1.165) is 6.54 Å². The van der Waals surface area contributed by atoms with Gasteiger partial charge in [0.25, 0.3) is 0 Å². The lowest BCUT2D eigenvalue weighted by Gasteiger charge is -2.00. The lowest BCUT2D eigenvalue weighted by molar-refractivity contribution is 0.593. The molecule has 62 valence electrons. The van der Waals surface area contributed by atoms with E-state index in [2.05, 4.69) is 5.32 Å². The maximum atomic E-state index is 10.8. The molecule has 0 saturated heterocycles. The van der Waals surface area contributed by atoms with Crippen LogP contribution in [0.4, 0.5) is 0 Å². The average molecular weight is 165 g/mol. The van der Waals surface area contributed by atoms with E-state index >= 15 is 0 Å². The van der Waals surface area contributed by atoms with Gasteiger partial charge in [-0.05, 0) is 6.54 Å². The van der Waals surface area contributed by atoms with Gasteiger partial charge in [0.2, 0.25) is 0 Å². The summed E-state index contributed by atoms with van der Waals surface area (Å²) >= 11 is 0. The molecule has 3 nitrogen and oxygen atoms in total. The number of sulfone groups is 1. The number of hydrogen-bond acceptors (Lipinski definition) is 3. The summed E-state index contributed by atoms with van der Waals surface area (Å²) in [5.74, 6) is 0.510. The van der Waals surface area contributed by atoms with Crippen molar-refractivity contribution in [3.8, 4) is 0 Å². The molecule has 0 aromatic rings. The lowest BCUT2D eigenvalue weighted by Crippen LogP contribution is -2.23. The molecule has 0 amide bonds. The minimum absolute atomic E-state index is 0.248. The van der Waals surface area contributed by atoms with Gasteiger partial charge >= 0.3 is 0 Å². The Hall–Kier alpha value is -0.0900. The topological polar surface area (TPSA) is 46.2 Å². The van der Waals surface area contributed by atoms with Crippen molar-refractivity contribution in [2.45, 2.75) is 13.8 Å². The minimum Gasteiger partial charge on any atom is -0.316 e. The first-order chi connectivity index (χ1) is 4.62. The van der Waals surface area contributed by atoms with Crippen molar-refractivity contribution >= 4 is 9.84 Å². The van der Waals surface area contributed by atoms with Crippen LogP contribution in [-0.4, -0.2) is 33.0 Å². The van der Waals surface area contributed by atoms with E-state index in [1.54, 1.807) is 6.92 Å². The number of nitrogens with one attached hydrogen (secondary N) is 1. The second-order valence-corrected chi connectivity index (χ2v) is 4.56. The van der Waals surface area contributed by atoms with Crippen LogP contribution in [0, 0.1) is 0 Å². The first-order valence-electron chi connectivity index (χ1n) is 3.53. The van der Waals surface area contributed by atoms with Crippen LogP contribution in [0.5, 0.6) is 0 Å². The maximum absolute atomic E-state index is 10.8. The van der Waals surface area contributed by atoms with Gasteiger partial charge in [0.15, 0.2) is 9.84 Å². The zero-order valence-electron chi connectivity index (χ0n) is 6.55. The highest BCUT2D eigenvalue weighted by Gasteiger charge is 2.04. The third kappa shape index (κ3) is 4.76. The Bertz CT molecular complexity index is 163. The molecule has 0 aliphatic heterocycles. The van der Waals surface area contributed by atoms with Crippen LogP contribution in [0.1, 0.15) is 13.8 Å². The smallest absolute Gasteiger partial charge is 0.151 e. The molecule has 0 aliphatic rings. The Balaban J connectivity index is 3.49. The van der Waals surface area contributed by atoms with Crippen LogP contribution < -0.4 is 5.32 Å². The molecule has 0 rings (SSSR count). The Labute approximate surface area is 62.7 Å². The molecule has 0 saturated carbocycles. The van der Waals surface area contributed by atoms with Crippen molar-refractivity contribution in [2.75, 3.05) is 24.6 Å². The summed E-state index contributed by atoms with van der Waals surface area (Å²) in [6.07, 6.45) is 0. The van der Waals surface area contributed by atoms with E-state index in [4.69, 9.17) is 0 Å². The number of rotatable bonds is 5. The van der Waals surface area contributed by atoms with Gasteiger partial charge < -0.3 is 5.32 Å². The van der Waals surface area contributed by atoms with Gasteiger partial charge in [-0.3, -0.25) is 0 Å². The lowest BCUT2D eigenvalue weighted by atomic mass is 10.7. The Morgan fingerprint density at radius 2 is 1.90 bits per heavy atom. The molecule has 10 heavy (non-hydrogen) atoms. The van der Waals surface area contributed by atoms with Gasteiger partial charge in [0, 0.05) is 12.3 Å². The predicted molar refractivity (Wildman–Crippen MR) is 42.9 cm³/mol. The molecular formula is C6H15NO2S. The van der Waals surface area contributed by atoms with E-state index in [9.17, 15) is 8.42 Å². The van der Waals surface area contributed by atoms with Crippen molar-refractivity contribution in [2.24, 2.45) is 0 Å². The monoisotopic (exact) mass is 165 g/mol. The normalized spacial score (nSPS) is 11.8. The fourth-order valence-electron chi connectivity index (χ4n) is 0.549. The molecule has 0 aromatic heterocycles. The van der Waals surface area contributed by atoms with Gasteiger partial charge in [0.05, 0.1) is 5.75 Å². The third-order valence-electron chi connectivity index (χ3n) is 1.28. The van der Waals surface area contributed by atoms with Crippen LogP contribution >= 0.6 is 0 Å². The van der Waals surface area contributed by atoms with Crippen molar-refractivity contribution in [1.29, 1.82) is 0 Å². The molecule has 0 aromatic carbocycles. The fourth-order valence-corrected chi connectivity index (χ4v) is 1.29. The van der Waals surface area contributed by atoms with Crippen LogP contribution in [0.2, 0.25) is 0 Å². The summed E-state index contributed by atoms with van der Waals surface area (Å²) in [5.41, 5.74) is 0. The van der Waals surface area contributed by atoms with Crippen molar-refractivity contribution in [3.05, 3.63) is 0 Å². The van der Waals surface area contributed by atoms with Crippen LogP contribution in [0.25, 0.3) is 0 Å². The highest BCUT2D eigenvalue weighted by molar-refractivity contribution is 7.91. The highest BCUT2D eigenvalue weighted by Crippen LogP contribution is 1.86. The summed E-state index contributed by atoms with van der Waals surface area (Å²) < 4.78 is 21.7. The Morgan fingerprint density at radius 1 is 1.30 bits per heavy atom. The predicted octanol–water partition coefficient (Wildman–Crippen LogP) is 0.0306. The molecule has 0 radical (unpaired) electrons. The van der Waals surface area contributed by atoms with Crippen molar-refractivity contribution in [1.82, 2.24) is 5.32 Å². The van der Waals surface area contributed by atoms with Crippen molar-refractivity contribution in [3.63, 3.8) is 0 Å². The van der Waals surface area contributed by atoms with Gasteiger partial charge in [-0.1, -0.05) is 13.8 Å². The highest BCUT2D eigenvalue weighted by atomic mass is 32.2. The molecule has 0 unspecified atom stereocenters. The van der Waals surface area contributed by atoms with E-state index < -0.39 is 9.84 Å². The summed E-state index contributed by atoms with van der Waals surface area (Å²) in [5, 5.41) is 2.96. The molecular weight excluding hydrogens is 150 g/mol. The fraction of sp³-hybridized carbons (Fsp3) is 1.00. The van der Waals surface area contributed by atoms with Crippen LogP contribution in [0.3, 0.4) is 0 Å². The summed E-state index contributed by atoms with van der Waals surface area (Å²) in [4.78, 5) is 0. The second kappa shape index (κ2) is 4.68. The summed E-state index contributed by atoms with van der Waals surface area (Å²) in [6, 6.07) is 0. The number of hydrogen-bond donors (Lipinski definition) is 1. The summed E-state index contributed by atoms with van der Waals surface area (Å²) in [6.45, 7) is 5.03. The SMILES string of the molecule is CCNCCS(=O)(=O)CC. The van der Waals surface area contributed by atoms with Gasteiger partial charge in [-0.15, -0.1) is 0 Å². The molecule has 0 heterocycles. The zero-order chi connectivity index (χ0) is 8.04. The second-order valence-electron chi connectivity index (χ2n) is 2.09. The minimum atomic E-state index is -2.75. The molecule has 0 atom stereocenters. The van der Waals surface area contributed by atoms with E-state index in [1.807, 2.05) is 6.92 Å². The molecule has 0 bridgehead atoms. The Kier molecular flexibility index (Phi) is 4.64. The standard InChI is InChI=1S/C6H15NO2S/c1-3-7-5-6-10(8,9)4-2/h7H,3-6H2,1-2H3. The molecule has 0 spiro atoms. The quantitative estimate of drug-likeness (QED) is 0.585. The van der Waals surface area contributed by atoms with Gasteiger partial charge in [0.1, 0.15) is 0 Å². The molecule has 1 N–H and O–H groups in total. The molecule has 4 heteroatoms. The van der Waals surface area contributed by atoms with E-state index in [0.29, 0.717) is 6.54 Å².